The second-order valence-electron chi connectivity index (χ2n) is 6.90. The smallest absolute Gasteiger partial charge is 0.257 e. The van der Waals surface area contributed by atoms with Crippen LogP contribution < -0.4 is 10.1 Å². The molecule has 0 aromatic heterocycles. The Bertz CT molecular complexity index is 734. The van der Waals surface area contributed by atoms with Crippen LogP contribution >= 0.6 is 0 Å². The van der Waals surface area contributed by atoms with Gasteiger partial charge in [0.25, 0.3) is 5.91 Å². The maximum Gasteiger partial charge on any atom is 0.257 e. The first kappa shape index (κ1) is 19.0. The van der Waals surface area contributed by atoms with Crippen molar-refractivity contribution in [2.45, 2.75) is 25.8 Å². The Morgan fingerprint density at radius 1 is 1.04 bits per heavy atom. The van der Waals surface area contributed by atoms with E-state index in [9.17, 15) is 9.59 Å². The average Bonchev–Trinajstić information content (AvgIpc) is 2.88. The summed E-state index contributed by atoms with van der Waals surface area (Å²) in [6.07, 6.45) is 2.25. The molecule has 0 bridgehead atoms. The summed E-state index contributed by atoms with van der Waals surface area (Å²) < 4.78 is 5.46. The van der Waals surface area contributed by atoms with Gasteiger partial charge in [-0.05, 0) is 36.5 Å². The maximum atomic E-state index is 12.4. The number of benzene rings is 2. The van der Waals surface area contributed by atoms with E-state index in [1.54, 1.807) is 0 Å². The van der Waals surface area contributed by atoms with Gasteiger partial charge in [0.15, 0.2) is 6.61 Å². The van der Waals surface area contributed by atoms with Crippen molar-refractivity contribution in [2.75, 3.05) is 19.7 Å². The third-order valence-electron chi connectivity index (χ3n) is 4.84. The van der Waals surface area contributed by atoms with Crippen LogP contribution in [-0.2, 0) is 16.1 Å². The zero-order valence-electron chi connectivity index (χ0n) is 15.5. The fourth-order valence-electron chi connectivity index (χ4n) is 3.24. The van der Waals surface area contributed by atoms with Crippen molar-refractivity contribution < 1.29 is 14.3 Å². The van der Waals surface area contributed by atoms with E-state index in [2.05, 4.69) is 5.32 Å². The number of nitrogens with one attached hydrogen (secondary N) is 1. The zero-order valence-corrected chi connectivity index (χ0v) is 15.5. The van der Waals surface area contributed by atoms with Crippen LogP contribution in [0.1, 0.15) is 24.8 Å². The number of hydrogen-bond acceptors (Lipinski definition) is 3. The third-order valence-corrected chi connectivity index (χ3v) is 4.84. The van der Waals surface area contributed by atoms with Crippen molar-refractivity contribution in [3.63, 3.8) is 0 Å². The van der Waals surface area contributed by atoms with Gasteiger partial charge in [0, 0.05) is 26.1 Å². The van der Waals surface area contributed by atoms with Crippen molar-refractivity contribution in [1.82, 2.24) is 10.2 Å². The summed E-state index contributed by atoms with van der Waals surface area (Å²) in [7, 11) is 0. The van der Waals surface area contributed by atoms with Crippen molar-refractivity contribution in [2.24, 2.45) is 5.92 Å². The molecular formula is C22H26N2O3. The molecule has 0 radical (unpaired) electrons. The predicted molar refractivity (Wildman–Crippen MR) is 104 cm³/mol. The van der Waals surface area contributed by atoms with Gasteiger partial charge < -0.3 is 15.0 Å². The summed E-state index contributed by atoms with van der Waals surface area (Å²) in [5, 5.41) is 2.94. The van der Waals surface area contributed by atoms with Gasteiger partial charge in [0.1, 0.15) is 5.75 Å². The molecule has 5 heteroatoms. The Hall–Kier alpha value is -2.82. The number of carbonyl (C=O) groups is 2. The number of nitrogens with zero attached hydrogens (tertiary/aromatic N) is 1. The monoisotopic (exact) mass is 366 g/mol. The van der Waals surface area contributed by atoms with Gasteiger partial charge in [-0.1, -0.05) is 48.5 Å². The van der Waals surface area contributed by atoms with Crippen LogP contribution in [0.3, 0.4) is 0 Å². The minimum Gasteiger partial charge on any atom is -0.484 e. The van der Waals surface area contributed by atoms with Gasteiger partial charge in [-0.25, -0.2) is 0 Å². The molecule has 1 saturated heterocycles. The molecule has 0 aliphatic carbocycles. The molecule has 1 aliphatic heterocycles. The minimum absolute atomic E-state index is 0.00972. The average molecular weight is 366 g/mol. The van der Waals surface area contributed by atoms with Crippen LogP contribution in [0.25, 0.3) is 0 Å². The first-order chi connectivity index (χ1) is 13.2. The molecule has 27 heavy (non-hydrogen) atoms. The van der Waals surface area contributed by atoms with Gasteiger partial charge in [-0.3, -0.25) is 9.59 Å². The van der Waals surface area contributed by atoms with Crippen molar-refractivity contribution in [3.05, 3.63) is 66.2 Å². The lowest BCUT2D eigenvalue weighted by atomic mass is 10.0. The predicted octanol–water partition coefficient (Wildman–Crippen LogP) is 3.01. The van der Waals surface area contributed by atoms with Gasteiger partial charge in [-0.2, -0.15) is 0 Å². The fraction of sp³-hybridized carbons (Fsp3) is 0.364. The topological polar surface area (TPSA) is 58.6 Å². The summed E-state index contributed by atoms with van der Waals surface area (Å²) in [4.78, 5) is 26.3. The van der Waals surface area contributed by atoms with E-state index >= 15 is 0 Å². The van der Waals surface area contributed by atoms with Crippen LogP contribution in [0.5, 0.6) is 5.75 Å². The number of carbonyl (C=O) groups excluding carboxylic acids is 2. The Labute approximate surface area is 160 Å². The minimum atomic E-state index is -0.129. The zero-order chi connectivity index (χ0) is 18.9. The normalized spacial score (nSPS) is 17.3. The number of amides is 2. The Kier molecular flexibility index (Phi) is 6.85. The lowest BCUT2D eigenvalue weighted by Crippen LogP contribution is -2.33. The number of likely N-dealkylation sites (tertiary alicyclic amines) is 1. The molecule has 0 saturated carbocycles. The fourth-order valence-corrected chi connectivity index (χ4v) is 3.24. The highest BCUT2D eigenvalue weighted by Gasteiger charge is 2.22. The van der Waals surface area contributed by atoms with E-state index in [1.165, 1.54) is 0 Å². The van der Waals surface area contributed by atoms with Crippen LogP contribution in [-0.4, -0.2) is 36.4 Å². The van der Waals surface area contributed by atoms with Crippen LogP contribution in [0.4, 0.5) is 0 Å². The SMILES string of the molecule is O=C(COc1ccccc1)NCC1CCC(=O)N(Cc2ccccc2)CC1. The lowest BCUT2D eigenvalue weighted by molar-refractivity contribution is -0.131. The molecule has 2 aromatic carbocycles. The highest BCUT2D eigenvalue weighted by molar-refractivity contribution is 5.78. The molecule has 1 unspecified atom stereocenters. The highest BCUT2D eigenvalue weighted by atomic mass is 16.5. The maximum absolute atomic E-state index is 12.4. The first-order valence-electron chi connectivity index (χ1n) is 9.47. The largest absolute Gasteiger partial charge is 0.484 e. The summed E-state index contributed by atoms with van der Waals surface area (Å²) in [6.45, 7) is 1.98. The Morgan fingerprint density at radius 2 is 1.74 bits per heavy atom. The van der Waals surface area contributed by atoms with Crippen molar-refractivity contribution >= 4 is 11.8 Å². The van der Waals surface area contributed by atoms with E-state index in [-0.39, 0.29) is 18.4 Å². The van der Waals surface area contributed by atoms with Crippen molar-refractivity contribution in [1.29, 1.82) is 0 Å². The molecule has 2 aromatic rings. The van der Waals surface area contributed by atoms with Crippen LogP contribution in [0.2, 0.25) is 0 Å². The molecule has 2 amide bonds. The van der Waals surface area contributed by atoms with Crippen LogP contribution in [0, 0.1) is 5.92 Å². The Morgan fingerprint density at radius 3 is 2.48 bits per heavy atom. The van der Waals surface area contributed by atoms with E-state index < -0.39 is 0 Å². The second kappa shape index (κ2) is 9.76. The van der Waals surface area contributed by atoms with E-state index in [0.29, 0.717) is 31.2 Å². The van der Waals surface area contributed by atoms with Gasteiger partial charge in [0.05, 0.1) is 0 Å². The summed E-state index contributed by atoms with van der Waals surface area (Å²) in [6, 6.07) is 19.4. The number of hydrogen-bond donors (Lipinski definition) is 1. The molecule has 1 atom stereocenters. The van der Waals surface area contributed by atoms with Gasteiger partial charge in [-0.15, -0.1) is 0 Å². The van der Waals surface area contributed by atoms with E-state index in [1.807, 2.05) is 65.6 Å². The number of ether oxygens (including phenoxy) is 1. The first-order valence-corrected chi connectivity index (χ1v) is 9.47. The number of rotatable bonds is 7. The molecule has 5 nitrogen and oxygen atoms in total. The highest BCUT2D eigenvalue weighted by Crippen LogP contribution is 2.19. The van der Waals surface area contributed by atoms with E-state index in [4.69, 9.17) is 4.74 Å². The Balaban J connectivity index is 1.41. The van der Waals surface area contributed by atoms with E-state index in [0.717, 1.165) is 24.9 Å². The van der Waals surface area contributed by atoms with Gasteiger partial charge >= 0.3 is 0 Å². The quantitative estimate of drug-likeness (QED) is 0.819. The van der Waals surface area contributed by atoms with Gasteiger partial charge in [0.2, 0.25) is 5.91 Å². The second-order valence-corrected chi connectivity index (χ2v) is 6.90. The summed E-state index contributed by atoms with van der Waals surface area (Å²) in [5.74, 6) is 1.07. The molecule has 142 valence electrons. The molecule has 1 heterocycles. The lowest BCUT2D eigenvalue weighted by Gasteiger charge is -2.21. The molecule has 3 rings (SSSR count). The summed E-state index contributed by atoms with van der Waals surface area (Å²) >= 11 is 0. The molecule has 1 N–H and O–H groups in total. The standard InChI is InChI=1S/C22H26N2O3/c25-21(17-27-20-9-5-2-6-10-20)23-15-18-11-12-22(26)24(14-13-18)16-19-7-3-1-4-8-19/h1-10,18H,11-17H2,(H,23,25). The van der Waals surface area contributed by atoms with Crippen LogP contribution in [0.15, 0.2) is 60.7 Å². The third kappa shape index (κ3) is 6.13. The number of para-hydroxylation sites is 1. The molecular weight excluding hydrogens is 340 g/mol. The molecule has 0 spiro atoms. The van der Waals surface area contributed by atoms with Crippen molar-refractivity contribution in [3.8, 4) is 5.75 Å². The molecule has 1 aliphatic rings. The summed E-state index contributed by atoms with van der Waals surface area (Å²) in [5.41, 5.74) is 1.15. The molecule has 1 fully saturated rings.